The molecule has 0 saturated carbocycles. The Bertz CT molecular complexity index is 514. The molecule has 0 unspecified atom stereocenters. The Balaban J connectivity index is 2.15. The zero-order valence-electron chi connectivity index (χ0n) is 14.0. The molecule has 118 valence electrons. The smallest absolute Gasteiger partial charge is 0.410 e. The molecular weight excluding hydrogens is 282 g/mol. The van der Waals surface area contributed by atoms with E-state index in [1.54, 1.807) is 4.90 Å². The summed E-state index contributed by atoms with van der Waals surface area (Å²) in [5.41, 5.74) is -0.461. The van der Waals surface area contributed by atoms with Gasteiger partial charge in [0.25, 0.3) is 0 Å². The largest absolute Gasteiger partial charge is 0.444 e. The number of nitrogens with zero attached hydrogens (tertiary/aromatic N) is 2. The monoisotopic (exact) mass is 309 g/mol. The summed E-state index contributed by atoms with van der Waals surface area (Å²) in [6.45, 7) is 13.3. The van der Waals surface area contributed by atoms with Crippen molar-refractivity contribution in [3.63, 3.8) is 0 Å². The number of aromatic amines is 1. The summed E-state index contributed by atoms with van der Waals surface area (Å²) in [6, 6.07) is 0.0185. The average Bonchev–Trinajstić information content (AvgIpc) is 2.94. The summed E-state index contributed by atoms with van der Waals surface area (Å²) >= 11 is 0. The first-order chi connectivity index (χ1) is 9.58. The predicted octanol–water partition coefficient (Wildman–Crippen LogP) is 3.03. The van der Waals surface area contributed by atoms with Crippen molar-refractivity contribution in [3.05, 3.63) is 12.0 Å². The molecule has 2 heterocycles. The Morgan fingerprint density at radius 1 is 1.43 bits per heavy atom. The third-order valence-corrected chi connectivity index (χ3v) is 5.47. The van der Waals surface area contributed by atoms with Gasteiger partial charge in [0.2, 0.25) is 0 Å². The van der Waals surface area contributed by atoms with Gasteiger partial charge in [-0.15, -0.1) is 0 Å². The number of H-pyrrole nitrogens is 1. The van der Waals surface area contributed by atoms with Crippen LogP contribution in [0.5, 0.6) is 0 Å². The molecule has 6 heteroatoms. The number of carbonyl (C=O) groups excluding carboxylic acids is 1. The highest BCUT2D eigenvalue weighted by atomic mass is 28.3. The molecule has 1 aromatic rings. The highest BCUT2D eigenvalue weighted by Crippen LogP contribution is 2.31. The normalized spacial score (nSPS) is 19.9. The number of hydrogen-bond donors (Lipinski definition) is 1. The number of carbonyl (C=O) groups is 1. The van der Waals surface area contributed by atoms with Crippen LogP contribution in [0.2, 0.25) is 19.6 Å². The van der Waals surface area contributed by atoms with Gasteiger partial charge >= 0.3 is 6.09 Å². The van der Waals surface area contributed by atoms with Gasteiger partial charge in [0, 0.05) is 18.1 Å². The predicted molar refractivity (Wildman–Crippen MR) is 86.5 cm³/mol. The molecule has 1 amide bonds. The van der Waals surface area contributed by atoms with Gasteiger partial charge in [0.15, 0.2) is 0 Å². The van der Waals surface area contributed by atoms with Gasteiger partial charge in [-0.2, -0.15) is 0 Å². The molecule has 2 rings (SSSR count). The molecule has 1 fully saturated rings. The van der Waals surface area contributed by atoms with Crippen molar-refractivity contribution in [1.29, 1.82) is 0 Å². The van der Waals surface area contributed by atoms with Crippen molar-refractivity contribution >= 4 is 19.5 Å². The first kappa shape index (κ1) is 16.1. The van der Waals surface area contributed by atoms with E-state index >= 15 is 0 Å². The van der Waals surface area contributed by atoms with E-state index in [-0.39, 0.29) is 12.1 Å². The van der Waals surface area contributed by atoms with E-state index in [9.17, 15) is 4.79 Å². The number of aromatic nitrogens is 2. The van der Waals surface area contributed by atoms with E-state index < -0.39 is 13.7 Å². The fourth-order valence-corrected chi connectivity index (χ4v) is 3.43. The molecule has 0 spiro atoms. The van der Waals surface area contributed by atoms with Crippen LogP contribution >= 0.6 is 0 Å². The molecule has 0 aliphatic carbocycles. The summed E-state index contributed by atoms with van der Waals surface area (Å²) in [7, 11) is -1.40. The van der Waals surface area contributed by atoms with Gasteiger partial charge in [0.1, 0.15) is 19.5 Å². The highest BCUT2D eigenvalue weighted by molar-refractivity contribution is 6.88. The van der Waals surface area contributed by atoms with Crippen LogP contribution in [0.3, 0.4) is 0 Å². The van der Waals surface area contributed by atoms with Gasteiger partial charge in [-0.05, 0) is 33.6 Å². The zero-order valence-corrected chi connectivity index (χ0v) is 15.0. The topological polar surface area (TPSA) is 58.2 Å². The molecule has 1 aromatic heterocycles. The molecule has 1 aliphatic rings. The second-order valence-corrected chi connectivity index (χ2v) is 12.8. The van der Waals surface area contributed by atoms with Crippen molar-refractivity contribution in [3.8, 4) is 0 Å². The van der Waals surface area contributed by atoms with E-state index in [2.05, 4.69) is 29.6 Å². The average molecular weight is 309 g/mol. The van der Waals surface area contributed by atoms with E-state index in [0.717, 1.165) is 25.2 Å². The fourth-order valence-electron chi connectivity index (χ4n) is 2.48. The quantitative estimate of drug-likeness (QED) is 0.854. The highest BCUT2D eigenvalue weighted by Gasteiger charge is 2.35. The molecule has 0 aromatic carbocycles. The molecule has 1 atom stereocenters. The van der Waals surface area contributed by atoms with E-state index in [0.29, 0.717) is 0 Å². The number of imidazole rings is 1. The Hall–Kier alpha value is -1.30. The lowest BCUT2D eigenvalue weighted by atomic mass is 10.2. The molecule has 21 heavy (non-hydrogen) atoms. The van der Waals surface area contributed by atoms with Gasteiger partial charge in [-0.3, -0.25) is 4.90 Å². The first-order valence-corrected chi connectivity index (χ1v) is 11.1. The maximum atomic E-state index is 12.3. The Morgan fingerprint density at radius 2 is 2.10 bits per heavy atom. The van der Waals surface area contributed by atoms with E-state index in [4.69, 9.17) is 4.74 Å². The standard InChI is InChI=1S/C15H27N3O2Si/c1-15(2,3)20-14(19)18-9-7-8-11(18)13-16-10-12(17-13)21(4,5)6/h10-11H,7-9H2,1-6H3,(H,16,17)/t11-/m0/s1. The van der Waals surface area contributed by atoms with Crippen molar-refractivity contribution < 1.29 is 9.53 Å². The minimum absolute atomic E-state index is 0.0185. The van der Waals surface area contributed by atoms with Gasteiger partial charge in [-0.1, -0.05) is 19.6 Å². The second-order valence-electron chi connectivity index (χ2n) is 7.76. The summed E-state index contributed by atoms with van der Waals surface area (Å²) in [5, 5.41) is 1.23. The summed E-state index contributed by atoms with van der Waals surface area (Å²) < 4.78 is 5.50. The number of amides is 1. The molecule has 1 saturated heterocycles. The summed E-state index contributed by atoms with van der Waals surface area (Å²) in [6.07, 6.45) is 3.63. The van der Waals surface area contributed by atoms with Gasteiger partial charge in [0.05, 0.1) is 6.04 Å². The van der Waals surface area contributed by atoms with Crippen molar-refractivity contribution in [2.75, 3.05) is 6.54 Å². The molecule has 1 N–H and O–H groups in total. The lowest BCUT2D eigenvalue weighted by Gasteiger charge is -2.27. The molecule has 1 aliphatic heterocycles. The number of nitrogens with one attached hydrogen (secondary N) is 1. The fraction of sp³-hybridized carbons (Fsp3) is 0.733. The molecular formula is C15H27N3O2Si. The molecule has 5 nitrogen and oxygen atoms in total. The van der Waals surface area contributed by atoms with Crippen LogP contribution in [0.1, 0.15) is 45.5 Å². The third-order valence-electron chi connectivity index (χ3n) is 3.60. The minimum Gasteiger partial charge on any atom is -0.444 e. The lowest BCUT2D eigenvalue weighted by Crippen LogP contribution is -2.39. The summed E-state index contributed by atoms with van der Waals surface area (Å²) in [5.74, 6) is 0.899. The van der Waals surface area contributed by atoms with Crippen LogP contribution in [0.25, 0.3) is 0 Å². The van der Waals surface area contributed by atoms with Gasteiger partial charge in [-0.25, -0.2) is 9.78 Å². The number of likely N-dealkylation sites (tertiary alicyclic amines) is 1. The van der Waals surface area contributed by atoms with Crippen LogP contribution in [-0.4, -0.2) is 41.2 Å². The molecule has 0 bridgehead atoms. The Labute approximate surface area is 128 Å². The van der Waals surface area contributed by atoms with Crippen molar-refractivity contribution in [2.24, 2.45) is 0 Å². The molecule has 0 radical (unpaired) electrons. The number of hydrogen-bond acceptors (Lipinski definition) is 3. The van der Waals surface area contributed by atoms with E-state index in [1.165, 1.54) is 5.32 Å². The maximum Gasteiger partial charge on any atom is 0.410 e. The Morgan fingerprint density at radius 3 is 2.62 bits per heavy atom. The first-order valence-electron chi connectivity index (χ1n) is 7.63. The number of rotatable bonds is 2. The van der Waals surface area contributed by atoms with E-state index in [1.807, 2.05) is 27.0 Å². The maximum absolute atomic E-state index is 12.3. The second kappa shape index (κ2) is 5.48. The summed E-state index contributed by atoms with van der Waals surface area (Å²) in [4.78, 5) is 22.1. The van der Waals surface area contributed by atoms with Crippen molar-refractivity contribution in [2.45, 2.75) is 64.9 Å². The van der Waals surface area contributed by atoms with Gasteiger partial charge < -0.3 is 9.72 Å². The third kappa shape index (κ3) is 3.87. The minimum atomic E-state index is -1.40. The van der Waals surface area contributed by atoms with Crippen molar-refractivity contribution in [1.82, 2.24) is 14.9 Å². The van der Waals surface area contributed by atoms with Crippen LogP contribution in [0, 0.1) is 0 Å². The lowest BCUT2D eigenvalue weighted by molar-refractivity contribution is 0.0219. The zero-order chi connectivity index (χ0) is 15.8. The number of ether oxygens (including phenoxy) is 1. The SMILES string of the molecule is CC(C)(C)OC(=O)N1CCC[C@H]1c1ncc([Si](C)(C)C)[nH]1. The van der Waals surface area contributed by atoms with Crippen LogP contribution < -0.4 is 5.32 Å². The van der Waals surface area contributed by atoms with Crippen LogP contribution in [0.4, 0.5) is 4.79 Å². The van der Waals surface area contributed by atoms with Crippen LogP contribution in [0.15, 0.2) is 6.20 Å². The van der Waals surface area contributed by atoms with Crippen LogP contribution in [-0.2, 0) is 4.74 Å². The Kier molecular flexibility index (Phi) is 4.19.